The highest BCUT2D eigenvalue weighted by Crippen LogP contribution is 2.36. The predicted octanol–water partition coefficient (Wildman–Crippen LogP) is 3.18. The SMILES string of the molecule is CC(C)Cc1ccc(B2OC(C)(C)C(C)(C)O2)cc1. The highest BCUT2D eigenvalue weighted by Gasteiger charge is 2.51. The van der Waals surface area contributed by atoms with Crippen molar-refractivity contribution in [2.24, 2.45) is 5.92 Å². The lowest BCUT2D eigenvalue weighted by Crippen LogP contribution is -2.41. The molecule has 2 rings (SSSR count). The maximum Gasteiger partial charge on any atom is 0.494 e. The van der Waals surface area contributed by atoms with Crippen molar-refractivity contribution in [1.82, 2.24) is 0 Å². The van der Waals surface area contributed by atoms with Gasteiger partial charge in [0.25, 0.3) is 0 Å². The number of rotatable bonds is 3. The van der Waals surface area contributed by atoms with Gasteiger partial charge in [0.2, 0.25) is 0 Å². The van der Waals surface area contributed by atoms with E-state index in [1.54, 1.807) is 0 Å². The molecule has 1 saturated heterocycles. The summed E-state index contributed by atoms with van der Waals surface area (Å²) in [5, 5.41) is 0. The van der Waals surface area contributed by atoms with Crippen LogP contribution in [0.4, 0.5) is 0 Å². The summed E-state index contributed by atoms with van der Waals surface area (Å²) in [7, 11) is -0.252. The zero-order chi connectivity index (χ0) is 14.3. The van der Waals surface area contributed by atoms with Crippen LogP contribution in [0.3, 0.4) is 0 Å². The summed E-state index contributed by atoms with van der Waals surface area (Å²) in [5.74, 6) is 0.683. The highest BCUT2D eigenvalue weighted by molar-refractivity contribution is 6.62. The Hall–Kier alpha value is -0.795. The van der Waals surface area contributed by atoms with Crippen LogP contribution in [0.5, 0.6) is 0 Å². The van der Waals surface area contributed by atoms with Crippen molar-refractivity contribution < 1.29 is 9.31 Å². The van der Waals surface area contributed by atoms with Crippen LogP contribution in [0, 0.1) is 5.92 Å². The Kier molecular flexibility index (Phi) is 3.81. The molecule has 1 aliphatic rings. The van der Waals surface area contributed by atoms with E-state index in [9.17, 15) is 0 Å². The minimum absolute atomic E-state index is 0.252. The summed E-state index contributed by atoms with van der Waals surface area (Å²) in [4.78, 5) is 0. The molecule has 104 valence electrons. The third kappa shape index (κ3) is 3.03. The lowest BCUT2D eigenvalue weighted by Gasteiger charge is -2.32. The maximum absolute atomic E-state index is 6.05. The van der Waals surface area contributed by atoms with Crippen molar-refractivity contribution in [2.75, 3.05) is 0 Å². The first-order valence-electron chi connectivity index (χ1n) is 7.16. The Morgan fingerprint density at radius 2 is 1.42 bits per heavy atom. The van der Waals surface area contributed by atoms with Gasteiger partial charge in [-0.3, -0.25) is 0 Å². The molecule has 0 atom stereocenters. The molecule has 1 heterocycles. The second-order valence-electron chi connectivity index (χ2n) is 6.93. The van der Waals surface area contributed by atoms with Gasteiger partial charge in [-0.25, -0.2) is 0 Å². The summed E-state index contributed by atoms with van der Waals surface area (Å²) < 4.78 is 12.1. The first-order chi connectivity index (χ1) is 8.71. The Labute approximate surface area is 117 Å². The average molecular weight is 260 g/mol. The molecule has 19 heavy (non-hydrogen) atoms. The Balaban J connectivity index is 2.12. The Morgan fingerprint density at radius 3 is 1.84 bits per heavy atom. The molecule has 1 fully saturated rings. The lowest BCUT2D eigenvalue weighted by molar-refractivity contribution is 0.00578. The van der Waals surface area contributed by atoms with Gasteiger partial charge in [-0.15, -0.1) is 0 Å². The van der Waals surface area contributed by atoms with Gasteiger partial charge in [-0.05, 0) is 51.1 Å². The smallest absolute Gasteiger partial charge is 0.399 e. The van der Waals surface area contributed by atoms with Crippen LogP contribution < -0.4 is 5.46 Å². The fourth-order valence-corrected chi connectivity index (χ4v) is 2.26. The molecular formula is C16H25BO2. The first kappa shape index (κ1) is 14.6. The molecule has 1 aromatic rings. The van der Waals surface area contributed by atoms with Crippen LogP contribution in [0.25, 0.3) is 0 Å². The summed E-state index contributed by atoms with van der Waals surface area (Å²) >= 11 is 0. The summed E-state index contributed by atoms with van der Waals surface area (Å²) in [6, 6.07) is 8.61. The highest BCUT2D eigenvalue weighted by atomic mass is 16.7. The van der Waals surface area contributed by atoms with Crippen LogP contribution in [-0.2, 0) is 15.7 Å². The molecule has 0 amide bonds. The second kappa shape index (κ2) is 4.95. The van der Waals surface area contributed by atoms with Gasteiger partial charge in [0.1, 0.15) is 0 Å². The van der Waals surface area contributed by atoms with Crippen molar-refractivity contribution in [1.29, 1.82) is 0 Å². The fraction of sp³-hybridized carbons (Fsp3) is 0.625. The molecule has 3 heteroatoms. The third-order valence-electron chi connectivity index (χ3n) is 4.15. The molecule has 0 bridgehead atoms. The minimum Gasteiger partial charge on any atom is -0.399 e. The van der Waals surface area contributed by atoms with Crippen molar-refractivity contribution >= 4 is 12.6 Å². The van der Waals surface area contributed by atoms with E-state index in [0.29, 0.717) is 5.92 Å². The molecule has 2 nitrogen and oxygen atoms in total. The van der Waals surface area contributed by atoms with E-state index in [2.05, 4.69) is 65.8 Å². The molecule has 1 aliphatic heterocycles. The van der Waals surface area contributed by atoms with Crippen LogP contribution >= 0.6 is 0 Å². The molecule has 0 saturated carbocycles. The molecular weight excluding hydrogens is 235 g/mol. The van der Waals surface area contributed by atoms with Crippen molar-refractivity contribution in [3.63, 3.8) is 0 Å². The van der Waals surface area contributed by atoms with E-state index in [1.165, 1.54) is 5.56 Å². The molecule has 0 aromatic heterocycles. The zero-order valence-corrected chi connectivity index (χ0v) is 13.0. The van der Waals surface area contributed by atoms with E-state index in [4.69, 9.17) is 9.31 Å². The summed E-state index contributed by atoms with van der Waals surface area (Å²) in [6.07, 6.45) is 1.11. The van der Waals surface area contributed by atoms with Gasteiger partial charge in [0.15, 0.2) is 0 Å². The summed E-state index contributed by atoms with van der Waals surface area (Å²) in [5.41, 5.74) is 1.93. The van der Waals surface area contributed by atoms with Gasteiger partial charge < -0.3 is 9.31 Å². The quantitative estimate of drug-likeness (QED) is 0.777. The molecule has 1 aromatic carbocycles. The van der Waals surface area contributed by atoms with Gasteiger partial charge >= 0.3 is 7.12 Å². The molecule has 0 radical (unpaired) electrons. The van der Waals surface area contributed by atoms with E-state index >= 15 is 0 Å². The topological polar surface area (TPSA) is 18.5 Å². The maximum atomic E-state index is 6.05. The van der Waals surface area contributed by atoms with Gasteiger partial charge in [-0.1, -0.05) is 38.1 Å². The van der Waals surface area contributed by atoms with Crippen molar-refractivity contribution in [3.8, 4) is 0 Å². The minimum atomic E-state index is -0.270. The van der Waals surface area contributed by atoms with Crippen LogP contribution in [0.1, 0.15) is 47.1 Å². The zero-order valence-electron chi connectivity index (χ0n) is 13.0. The molecule has 0 aliphatic carbocycles. The fourth-order valence-electron chi connectivity index (χ4n) is 2.26. The lowest BCUT2D eigenvalue weighted by atomic mass is 9.78. The standard InChI is InChI=1S/C16H25BO2/c1-12(2)11-13-7-9-14(10-8-13)17-18-15(3,4)16(5,6)19-17/h7-10,12H,11H2,1-6H3. The van der Waals surface area contributed by atoms with E-state index in [1.807, 2.05) is 0 Å². The molecule has 0 N–H and O–H groups in total. The van der Waals surface area contributed by atoms with E-state index in [0.717, 1.165) is 11.9 Å². The van der Waals surface area contributed by atoms with Crippen LogP contribution in [0.2, 0.25) is 0 Å². The Morgan fingerprint density at radius 1 is 0.947 bits per heavy atom. The van der Waals surface area contributed by atoms with Crippen LogP contribution in [0.15, 0.2) is 24.3 Å². The van der Waals surface area contributed by atoms with Gasteiger partial charge in [0.05, 0.1) is 11.2 Å². The normalized spacial score (nSPS) is 21.1. The number of hydrogen-bond acceptors (Lipinski definition) is 2. The monoisotopic (exact) mass is 260 g/mol. The molecule has 0 unspecified atom stereocenters. The first-order valence-corrected chi connectivity index (χ1v) is 7.16. The van der Waals surface area contributed by atoms with Gasteiger partial charge in [0, 0.05) is 0 Å². The predicted molar refractivity (Wildman–Crippen MR) is 80.7 cm³/mol. The third-order valence-corrected chi connectivity index (χ3v) is 4.15. The van der Waals surface area contributed by atoms with Crippen molar-refractivity contribution in [3.05, 3.63) is 29.8 Å². The van der Waals surface area contributed by atoms with Gasteiger partial charge in [-0.2, -0.15) is 0 Å². The number of benzene rings is 1. The largest absolute Gasteiger partial charge is 0.494 e. The van der Waals surface area contributed by atoms with E-state index < -0.39 is 0 Å². The second-order valence-corrected chi connectivity index (χ2v) is 6.93. The van der Waals surface area contributed by atoms with Crippen LogP contribution in [-0.4, -0.2) is 18.3 Å². The average Bonchev–Trinajstić information content (AvgIpc) is 2.48. The summed E-state index contributed by atoms with van der Waals surface area (Å²) in [6.45, 7) is 12.8. The van der Waals surface area contributed by atoms with Crippen molar-refractivity contribution in [2.45, 2.75) is 59.2 Å². The molecule has 0 spiro atoms. The van der Waals surface area contributed by atoms with E-state index in [-0.39, 0.29) is 18.3 Å². The number of hydrogen-bond donors (Lipinski definition) is 0. The Bertz CT molecular complexity index is 419.